The first-order valence-electron chi connectivity index (χ1n) is 6.69. The van der Waals surface area contributed by atoms with E-state index < -0.39 is 11.4 Å². The molecule has 1 heterocycles. The van der Waals surface area contributed by atoms with Crippen molar-refractivity contribution in [3.05, 3.63) is 52.3 Å². The van der Waals surface area contributed by atoms with Crippen LogP contribution in [0, 0.1) is 0 Å². The molecule has 0 aliphatic heterocycles. The fourth-order valence-electron chi connectivity index (χ4n) is 2.04. The minimum atomic E-state index is -0.967. The minimum absolute atomic E-state index is 0.224. The van der Waals surface area contributed by atoms with Crippen LogP contribution in [0.5, 0.6) is 0 Å². The van der Waals surface area contributed by atoms with Crippen molar-refractivity contribution in [3.63, 3.8) is 0 Å². The number of carboxylic acids is 1. The molecule has 0 bridgehead atoms. The average Bonchev–Trinajstić information content (AvgIpc) is 2.78. The molecule has 2 N–H and O–H groups in total. The monoisotopic (exact) mass is 364 g/mol. The van der Waals surface area contributed by atoms with E-state index in [0.29, 0.717) is 16.9 Å². The number of hydrogen-bond acceptors (Lipinski definition) is 2. The number of aryl methyl sites for hydroxylation is 1. The molecular formula is C16H17BrN2O3. The number of nitrogens with one attached hydrogen (secondary N) is 1. The fourth-order valence-corrected chi connectivity index (χ4v) is 2.56. The van der Waals surface area contributed by atoms with E-state index in [4.69, 9.17) is 0 Å². The van der Waals surface area contributed by atoms with Gasteiger partial charge in [0.15, 0.2) is 0 Å². The number of aromatic nitrogens is 1. The van der Waals surface area contributed by atoms with Crippen LogP contribution in [0.4, 0.5) is 5.69 Å². The van der Waals surface area contributed by atoms with Gasteiger partial charge in [0.2, 0.25) is 0 Å². The lowest BCUT2D eigenvalue weighted by molar-refractivity contribution is -0.142. The summed E-state index contributed by atoms with van der Waals surface area (Å²) in [4.78, 5) is 23.4. The summed E-state index contributed by atoms with van der Waals surface area (Å²) in [6.07, 6.45) is 1.80. The predicted octanol–water partition coefficient (Wildman–Crippen LogP) is 3.40. The number of amides is 1. The molecule has 22 heavy (non-hydrogen) atoms. The maximum atomic E-state index is 12.2. The van der Waals surface area contributed by atoms with E-state index in [-0.39, 0.29) is 5.91 Å². The van der Waals surface area contributed by atoms with E-state index in [1.165, 1.54) is 0 Å². The van der Waals surface area contributed by atoms with Gasteiger partial charge in [-0.05, 0) is 53.5 Å². The summed E-state index contributed by atoms with van der Waals surface area (Å²) >= 11 is 3.33. The number of anilines is 1. The summed E-state index contributed by atoms with van der Waals surface area (Å²) in [6.45, 7) is 3.29. The first-order chi connectivity index (χ1) is 10.2. The molecule has 2 rings (SSSR count). The zero-order valence-electron chi connectivity index (χ0n) is 12.6. The van der Waals surface area contributed by atoms with Gasteiger partial charge in [-0.15, -0.1) is 0 Å². The minimum Gasteiger partial charge on any atom is -0.481 e. The molecule has 0 fully saturated rings. The van der Waals surface area contributed by atoms with Crippen molar-refractivity contribution in [3.8, 4) is 0 Å². The van der Waals surface area contributed by atoms with Gasteiger partial charge in [-0.3, -0.25) is 9.59 Å². The second-order valence-corrected chi connectivity index (χ2v) is 6.53. The number of carbonyl (C=O) groups excluding carboxylic acids is 1. The van der Waals surface area contributed by atoms with Crippen molar-refractivity contribution >= 4 is 33.5 Å². The number of hydrogen-bond donors (Lipinski definition) is 2. The number of benzene rings is 1. The van der Waals surface area contributed by atoms with Crippen molar-refractivity contribution in [2.24, 2.45) is 7.05 Å². The highest BCUT2D eigenvalue weighted by molar-refractivity contribution is 9.10. The lowest BCUT2D eigenvalue weighted by Gasteiger charge is -2.19. The average molecular weight is 365 g/mol. The molecule has 0 unspecified atom stereocenters. The van der Waals surface area contributed by atoms with Crippen LogP contribution in [0.3, 0.4) is 0 Å². The second kappa shape index (κ2) is 5.96. The SMILES string of the molecule is Cn1cc(Br)cc1C(=O)Nc1ccc(C(C)(C)C(=O)O)cc1. The molecule has 0 aliphatic carbocycles. The molecular weight excluding hydrogens is 348 g/mol. The maximum Gasteiger partial charge on any atom is 0.313 e. The van der Waals surface area contributed by atoms with Crippen molar-refractivity contribution in [1.29, 1.82) is 0 Å². The van der Waals surface area contributed by atoms with Gasteiger partial charge >= 0.3 is 5.97 Å². The molecule has 6 heteroatoms. The third kappa shape index (κ3) is 3.22. The molecule has 1 amide bonds. The normalized spacial score (nSPS) is 11.3. The molecule has 5 nitrogen and oxygen atoms in total. The molecule has 0 spiro atoms. The highest BCUT2D eigenvalue weighted by atomic mass is 79.9. The molecule has 1 aromatic carbocycles. The maximum absolute atomic E-state index is 12.2. The van der Waals surface area contributed by atoms with Gasteiger partial charge in [0.05, 0.1) is 5.41 Å². The number of halogens is 1. The quantitative estimate of drug-likeness (QED) is 0.873. The van der Waals surface area contributed by atoms with Gasteiger partial charge in [-0.2, -0.15) is 0 Å². The van der Waals surface area contributed by atoms with Gasteiger partial charge in [0.25, 0.3) is 5.91 Å². The Hall–Kier alpha value is -2.08. The van der Waals surface area contributed by atoms with Crippen LogP contribution in [-0.2, 0) is 17.3 Å². The second-order valence-electron chi connectivity index (χ2n) is 5.62. The Labute approximate surface area is 137 Å². The largest absolute Gasteiger partial charge is 0.481 e. The summed E-state index contributed by atoms with van der Waals surface area (Å²) in [5.41, 5.74) is 0.861. The van der Waals surface area contributed by atoms with Gasteiger partial charge in [0.1, 0.15) is 5.69 Å². The number of carbonyl (C=O) groups is 2. The molecule has 0 saturated heterocycles. The van der Waals surface area contributed by atoms with Crippen LogP contribution in [0.1, 0.15) is 29.9 Å². The predicted molar refractivity (Wildman–Crippen MR) is 88.2 cm³/mol. The van der Waals surface area contributed by atoms with E-state index in [0.717, 1.165) is 4.47 Å². The molecule has 2 aromatic rings. The molecule has 0 aliphatic rings. The number of nitrogens with zero attached hydrogens (tertiary/aromatic N) is 1. The topological polar surface area (TPSA) is 71.3 Å². The molecule has 0 atom stereocenters. The Kier molecular flexibility index (Phi) is 4.42. The Morgan fingerprint density at radius 1 is 1.23 bits per heavy atom. The summed E-state index contributed by atoms with van der Waals surface area (Å²) in [6, 6.07) is 8.57. The summed E-state index contributed by atoms with van der Waals surface area (Å²) in [5.74, 6) is -1.11. The number of rotatable bonds is 4. The Bertz CT molecular complexity index is 717. The lowest BCUT2D eigenvalue weighted by atomic mass is 9.85. The van der Waals surface area contributed by atoms with E-state index in [2.05, 4.69) is 21.2 Å². The summed E-state index contributed by atoms with van der Waals surface area (Å²) in [5, 5.41) is 12.0. The molecule has 116 valence electrons. The van der Waals surface area contributed by atoms with E-state index in [9.17, 15) is 14.7 Å². The summed E-state index contributed by atoms with van der Waals surface area (Å²) < 4.78 is 2.56. The standard InChI is InChI=1S/C16H17BrN2O3/c1-16(2,15(21)22)10-4-6-12(7-5-10)18-14(20)13-8-11(17)9-19(13)3/h4-9H,1-3H3,(H,18,20)(H,21,22). The van der Waals surface area contributed by atoms with Gasteiger partial charge in [-0.1, -0.05) is 12.1 Å². The first-order valence-corrected chi connectivity index (χ1v) is 7.48. The molecule has 0 saturated carbocycles. The molecule has 0 radical (unpaired) electrons. The van der Waals surface area contributed by atoms with Crippen molar-refractivity contribution < 1.29 is 14.7 Å². The Morgan fingerprint density at radius 2 is 1.82 bits per heavy atom. The van der Waals surface area contributed by atoms with Gasteiger partial charge in [0, 0.05) is 23.4 Å². The van der Waals surface area contributed by atoms with Crippen molar-refractivity contribution in [2.75, 3.05) is 5.32 Å². The smallest absolute Gasteiger partial charge is 0.313 e. The zero-order valence-corrected chi connectivity index (χ0v) is 14.1. The van der Waals surface area contributed by atoms with E-state index >= 15 is 0 Å². The van der Waals surface area contributed by atoms with Crippen molar-refractivity contribution in [2.45, 2.75) is 19.3 Å². The Balaban J connectivity index is 2.17. The highest BCUT2D eigenvalue weighted by Gasteiger charge is 2.29. The van der Waals surface area contributed by atoms with Crippen LogP contribution < -0.4 is 5.32 Å². The highest BCUT2D eigenvalue weighted by Crippen LogP contribution is 2.25. The Morgan fingerprint density at radius 3 is 2.27 bits per heavy atom. The molecule has 1 aromatic heterocycles. The van der Waals surface area contributed by atoms with Crippen molar-refractivity contribution in [1.82, 2.24) is 4.57 Å². The lowest BCUT2D eigenvalue weighted by Crippen LogP contribution is -2.28. The van der Waals surface area contributed by atoms with E-state index in [1.807, 2.05) is 0 Å². The van der Waals surface area contributed by atoms with Crippen LogP contribution in [-0.4, -0.2) is 21.6 Å². The van der Waals surface area contributed by atoms with Crippen LogP contribution >= 0.6 is 15.9 Å². The van der Waals surface area contributed by atoms with Gasteiger partial charge in [-0.25, -0.2) is 0 Å². The van der Waals surface area contributed by atoms with E-state index in [1.54, 1.807) is 62.0 Å². The first kappa shape index (κ1) is 16.3. The third-order valence-corrected chi connectivity index (χ3v) is 4.04. The number of aliphatic carboxylic acids is 1. The van der Waals surface area contributed by atoms with Crippen LogP contribution in [0.2, 0.25) is 0 Å². The van der Waals surface area contributed by atoms with Crippen LogP contribution in [0.15, 0.2) is 41.0 Å². The zero-order chi connectivity index (χ0) is 16.5. The van der Waals surface area contributed by atoms with Gasteiger partial charge < -0.3 is 15.0 Å². The summed E-state index contributed by atoms with van der Waals surface area (Å²) in [7, 11) is 1.79. The number of carboxylic acid groups (broad SMARTS) is 1. The third-order valence-electron chi connectivity index (χ3n) is 3.60. The van der Waals surface area contributed by atoms with Crippen LogP contribution in [0.25, 0.3) is 0 Å². The fraction of sp³-hybridized carbons (Fsp3) is 0.250.